The first kappa shape index (κ1) is 21.9. The standard InChI is InChI=1S/C23H28N6O2/c1-16(30)27-19-12-17(10-11-21(19)31-4)13-26-23(24-2)29(3)15-22-25-14-20(28-22)18-8-6-5-7-9-18/h5-12,14H,13,15H2,1-4H3,(H,24,26)(H,25,28)(H,27,30). The molecule has 8 nitrogen and oxygen atoms in total. The number of amides is 1. The molecule has 1 heterocycles. The largest absolute Gasteiger partial charge is 0.495 e. The summed E-state index contributed by atoms with van der Waals surface area (Å²) in [4.78, 5) is 25.7. The zero-order chi connectivity index (χ0) is 22.2. The fraction of sp³-hybridized carbons (Fsp3) is 0.261. The maximum Gasteiger partial charge on any atom is 0.221 e. The van der Waals surface area contributed by atoms with Gasteiger partial charge in [0.05, 0.1) is 31.2 Å². The lowest BCUT2D eigenvalue weighted by molar-refractivity contribution is -0.114. The van der Waals surface area contributed by atoms with Crippen LogP contribution in [0.5, 0.6) is 5.75 Å². The first-order valence-electron chi connectivity index (χ1n) is 9.95. The van der Waals surface area contributed by atoms with E-state index in [2.05, 4.69) is 25.6 Å². The minimum Gasteiger partial charge on any atom is -0.495 e. The molecule has 0 aliphatic rings. The van der Waals surface area contributed by atoms with Crippen LogP contribution in [0.1, 0.15) is 18.3 Å². The summed E-state index contributed by atoms with van der Waals surface area (Å²) in [5.74, 6) is 2.05. The fourth-order valence-electron chi connectivity index (χ4n) is 3.23. The third kappa shape index (κ3) is 5.85. The molecule has 0 radical (unpaired) electrons. The van der Waals surface area contributed by atoms with Crippen molar-refractivity contribution in [3.8, 4) is 17.0 Å². The van der Waals surface area contributed by atoms with Crippen LogP contribution in [0.2, 0.25) is 0 Å². The quantitative estimate of drug-likeness (QED) is 0.403. The summed E-state index contributed by atoms with van der Waals surface area (Å²) >= 11 is 0. The predicted molar refractivity (Wildman–Crippen MR) is 123 cm³/mol. The number of aromatic amines is 1. The molecular weight excluding hydrogens is 392 g/mol. The number of aromatic nitrogens is 2. The average Bonchev–Trinajstić information content (AvgIpc) is 3.23. The number of imidazole rings is 1. The Morgan fingerprint density at radius 3 is 2.68 bits per heavy atom. The van der Waals surface area contributed by atoms with Crippen LogP contribution in [0.25, 0.3) is 11.3 Å². The molecule has 3 aromatic rings. The molecule has 3 N–H and O–H groups in total. The third-order valence-corrected chi connectivity index (χ3v) is 4.70. The molecule has 162 valence electrons. The van der Waals surface area contributed by atoms with Gasteiger partial charge in [-0.15, -0.1) is 0 Å². The van der Waals surface area contributed by atoms with Gasteiger partial charge in [-0.25, -0.2) is 4.98 Å². The van der Waals surface area contributed by atoms with Crippen LogP contribution in [0.15, 0.2) is 59.7 Å². The number of anilines is 1. The van der Waals surface area contributed by atoms with Gasteiger partial charge in [0.2, 0.25) is 5.91 Å². The second-order valence-corrected chi connectivity index (χ2v) is 7.08. The molecule has 0 aliphatic heterocycles. The number of nitrogens with one attached hydrogen (secondary N) is 3. The summed E-state index contributed by atoms with van der Waals surface area (Å²) in [6.45, 7) is 2.59. The highest BCUT2D eigenvalue weighted by molar-refractivity contribution is 5.90. The number of rotatable bonds is 7. The van der Waals surface area contributed by atoms with Gasteiger partial charge in [-0.05, 0) is 23.3 Å². The number of carbonyl (C=O) groups is 1. The monoisotopic (exact) mass is 420 g/mol. The Morgan fingerprint density at radius 1 is 1.23 bits per heavy atom. The number of guanidine groups is 1. The van der Waals surface area contributed by atoms with E-state index >= 15 is 0 Å². The highest BCUT2D eigenvalue weighted by Gasteiger charge is 2.11. The van der Waals surface area contributed by atoms with Crippen LogP contribution in [0, 0.1) is 0 Å². The molecule has 0 atom stereocenters. The molecule has 0 spiro atoms. The molecule has 3 rings (SSSR count). The van der Waals surface area contributed by atoms with E-state index < -0.39 is 0 Å². The van der Waals surface area contributed by atoms with Crippen LogP contribution in [0.3, 0.4) is 0 Å². The predicted octanol–water partition coefficient (Wildman–Crippen LogP) is 3.25. The van der Waals surface area contributed by atoms with E-state index in [9.17, 15) is 4.79 Å². The van der Waals surface area contributed by atoms with Crippen molar-refractivity contribution in [3.63, 3.8) is 0 Å². The summed E-state index contributed by atoms with van der Waals surface area (Å²) in [6, 6.07) is 15.8. The Balaban J connectivity index is 1.62. The van der Waals surface area contributed by atoms with Gasteiger partial charge in [0.15, 0.2) is 5.96 Å². The lowest BCUT2D eigenvalue weighted by Gasteiger charge is -2.21. The van der Waals surface area contributed by atoms with E-state index in [4.69, 9.17) is 4.74 Å². The Hall–Kier alpha value is -3.81. The number of benzene rings is 2. The maximum atomic E-state index is 11.4. The van der Waals surface area contributed by atoms with Crippen molar-refractivity contribution in [2.45, 2.75) is 20.0 Å². The first-order chi connectivity index (χ1) is 15.0. The van der Waals surface area contributed by atoms with Gasteiger partial charge in [-0.1, -0.05) is 36.4 Å². The molecule has 1 aromatic heterocycles. The summed E-state index contributed by atoms with van der Waals surface area (Å²) in [5, 5.41) is 6.14. The molecule has 0 aliphatic carbocycles. The zero-order valence-electron chi connectivity index (χ0n) is 18.3. The molecular formula is C23H28N6O2. The lowest BCUT2D eigenvalue weighted by atomic mass is 10.2. The highest BCUT2D eigenvalue weighted by Crippen LogP contribution is 2.25. The Morgan fingerprint density at radius 2 is 2.00 bits per heavy atom. The Labute approximate surface area is 182 Å². The Kier molecular flexibility index (Phi) is 7.26. The van der Waals surface area contributed by atoms with Gasteiger partial charge in [0.25, 0.3) is 0 Å². The average molecular weight is 421 g/mol. The number of aliphatic imine (C=N–C) groups is 1. The summed E-state index contributed by atoms with van der Waals surface area (Å²) in [6.07, 6.45) is 1.84. The van der Waals surface area contributed by atoms with Gasteiger partial charge in [-0.3, -0.25) is 9.79 Å². The van der Waals surface area contributed by atoms with E-state index in [0.29, 0.717) is 24.5 Å². The van der Waals surface area contributed by atoms with Crippen molar-refractivity contribution < 1.29 is 9.53 Å². The van der Waals surface area contributed by atoms with Gasteiger partial charge in [0.1, 0.15) is 11.6 Å². The zero-order valence-corrected chi connectivity index (χ0v) is 18.3. The molecule has 0 saturated heterocycles. The van der Waals surface area contributed by atoms with Crippen LogP contribution < -0.4 is 15.4 Å². The van der Waals surface area contributed by atoms with Crippen molar-refractivity contribution >= 4 is 17.6 Å². The first-order valence-corrected chi connectivity index (χ1v) is 9.95. The second-order valence-electron chi connectivity index (χ2n) is 7.08. The van der Waals surface area contributed by atoms with Crippen LogP contribution in [-0.4, -0.2) is 47.9 Å². The van der Waals surface area contributed by atoms with Gasteiger partial charge < -0.3 is 25.3 Å². The van der Waals surface area contributed by atoms with Crippen molar-refractivity contribution in [1.29, 1.82) is 0 Å². The Bertz CT molecular complexity index is 1050. The van der Waals surface area contributed by atoms with Crippen molar-refractivity contribution in [2.75, 3.05) is 26.5 Å². The van der Waals surface area contributed by atoms with Crippen LogP contribution >= 0.6 is 0 Å². The van der Waals surface area contributed by atoms with Crippen LogP contribution in [-0.2, 0) is 17.9 Å². The number of hydrogen-bond acceptors (Lipinski definition) is 4. The molecule has 0 unspecified atom stereocenters. The SMILES string of the molecule is CN=C(NCc1ccc(OC)c(NC(C)=O)c1)N(C)Cc1ncc(-c2ccccc2)[nH]1. The number of hydrogen-bond donors (Lipinski definition) is 3. The number of H-pyrrole nitrogens is 1. The second kappa shape index (κ2) is 10.3. The van der Waals surface area contributed by atoms with E-state index in [1.807, 2.05) is 66.7 Å². The molecule has 0 bridgehead atoms. The summed E-state index contributed by atoms with van der Waals surface area (Å²) < 4.78 is 5.31. The number of methoxy groups -OCH3 is 1. The maximum absolute atomic E-state index is 11.4. The lowest BCUT2D eigenvalue weighted by Crippen LogP contribution is -2.38. The third-order valence-electron chi connectivity index (χ3n) is 4.70. The minimum atomic E-state index is -0.146. The molecule has 0 fully saturated rings. The summed E-state index contributed by atoms with van der Waals surface area (Å²) in [7, 11) is 5.27. The molecule has 31 heavy (non-hydrogen) atoms. The molecule has 2 aromatic carbocycles. The highest BCUT2D eigenvalue weighted by atomic mass is 16.5. The minimum absolute atomic E-state index is 0.146. The molecule has 8 heteroatoms. The van der Waals surface area contributed by atoms with Gasteiger partial charge in [0, 0.05) is 27.6 Å². The molecule has 1 amide bonds. The van der Waals surface area contributed by atoms with E-state index in [-0.39, 0.29) is 5.91 Å². The number of nitrogens with zero attached hydrogens (tertiary/aromatic N) is 3. The normalized spacial score (nSPS) is 11.2. The van der Waals surface area contributed by atoms with Crippen molar-refractivity contribution in [3.05, 3.63) is 66.1 Å². The van der Waals surface area contributed by atoms with Gasteiger partial charge in [-0.2, -0.15) is 0 Å². The van der Waals surface area contributed by atoms with Crippen molar-refractivity contribution in [1.82, 2.24) is 20.2 Å². The summed E-state index contributed by atoms with van der Waals surface area (Å²) in [5.41, 5.74) is 3.71. The molecule has 0 saturated carbocycles. The number of carbonyl (C=O) groups excluding carboxylic acids is 1. The topological polar surface area (TPSA) is 94.6 Å². The smallest absolute Gasteiger partial charge is 0.221 e. The van der Waals surface area contributed by atoms with Gasteiger partial charge >= 0.3 is 0 Å². The van der Waals surface area contributed by atoms with E-state index in [0.717, 1.165) is 28.6 Å². The van der Waals surface area contributed by atoms with E-state index in [1.54, 1.807) is 14.2 Å². The fourth-order valence-corrected chi connectivity index (χ4v) is 3.23. The van der Waals surface area contributed by atoms with E-state index in [1.165, 1.54) is 6.92 Å². The van der Waals surface area contributed by atoms with Crippen molar-refractivity contribution in [2.24, 2.45) is 4.99 Å². The number of ether oxygens (including phenoxy) is 1. The van der Waals surface area contributed by atoms with Crippen LogP contribution in [0.4, 0.5) is 5.69 Å².